The van der Waals surface area contributed by atoms with Crippen LogP contribution in [0.25, 0.3) is 0 Å². The lowest BCUT2D eigenvalue weighted by Gasteiger charge is -2.36. The molecule has 0 saturated carbocycles. The van der Waals surface area contributed by atoms with Crippen molar-refractivity contribution in [2.24, 2.45) is 9.98 Å². The molecule has 0 unspecified atom stereocenters. The van der Waals surface area contributed by atoms with Crippen LogP contribution in [0.3, 0.4) is 0 Å². The number of anilines is 2. The minimum Gasteiger partial charge on any atom is -0.338 e. The minimum atomic E-state index is -0.745. The molecule has 4 aliphatic heterocycles. The third kappa shape index (κ3) is 10.4. The number of hydrogen-bond donors (Lipinski definition) is 0. The number of piperazine rings is 2. The number of rotatable bonds is 10. The lowest BCUT2D eigenvalue weighted by Crippen LogP contribution is -2.49. The molecule has 2 aromatic carbocycles. The van der Waals surface area contributed by atoms with Crippen LogP contribution >= 0.6 is 0 Å². The summed E-state index contributed by atoms with van der Waals surface area (Å²) in [5.41, 5.74) is 3.88. The lowest BCUT2D eigenvalue weighted by atomic mass is 10.0. The number of amidine groups is 2. The molecular formula is C42H46F2N12O4. The van der Waals surface area contributed by atoms with Crippen molar-refractivity contribution in [3.05, 3.63) is 108 Å². The first-order valence-electron chi connectivity index (χ1n) is 20.2. The SMILES string of the molecule is O=C(/C=C/C(=O)ON(CCN1CCN(c2ncc(F)cn2)CC1)C1=Nc2ccccc2CC1)ON(CCN1CCN(c2ncc(F)cn2)CC1)C1=Nc2ccccc2CC1. The first-order valence-corrected chi connectivity index (χ1v) is 20.2. The van der Waals surface area contributed by atoms with Gasteiger partial charge in [0.05, 0.1) is 49.3 Å². The zero-order valence-electron chi connectivity index (χ0n) is 33.2. The van der Waals surface area contributed by atoms with E-state index in [4.69, 9.17) is 19.7 Å². The van der Waals surface area contributed by atoms with Gasteiger partial charge in [-0.25, -0.2) is 48.3 Å². The number of benzene rings is 2. The van der Waals surface area contributed by atoms with E-state index < -0.39 is 23.6 Å². The lowest BCUT2D eigenvalue weighted by molar-refractivity contribution is -0.170. The van der Waals surface area contributed by atoms with Gasteiger partial charge in [0, 0.05) is 90.4 Å². The van der Waals surface area contributed by atoms with E-state index in [1.807, 2.05) is 58.3 Å². The summed E-state index contributed by atoms with van der Waals surface area (Å²) in [6, 6.07) is 15.8. The molecule has 8 rings (SSSR count). The standard InChI is InChI=1S/C42H46F2N12O4/c43-33-27-45-41(46-28-33)53-21-15-51(16-22-53)19-25-55(37-11-9-31-5-1-3-7-35(31)49-37)59-39(57)13-14-40(58)60-56(38-12-10-32-6-2-4-8-36(32)50-38)26-20-52-17-23-54(24-18-52)42-47-29-34(44)30-48-42/h1-8,13-14,27-30H,9-12,15-26H2/b14-13+. The topological polar surface area (TPSA) is 148 Å². The summed E-state index contributed by atoms with van der Waals surface area (Å²) in [7, 11) is 0. The molecule has 312 valence electrons. The number of hydrogen-bond acceptors (Lipinski definition) is 16. The van der Waals surface area contributed by atoms with Crippen molar-refractivity contribution in [1.82, 2.24) is 39.9 Å². The molecule has 2 aromatic heterocycles. The van der Waals surface area contributed by atoms with Gasteiger partial charge in [-0.3, -0.25) is 9.80 Å². The van der Waals surface area contributed by atoms with Crippen molar-refractivity contribution in [3.8, 4) is 0 Å². The van der Waals surface area contributed by atoms with Crippen LogP contribution < -0.4 is 9.80 Å². The summed E-state index contributed by atoms with van der Waals surface area (Å²) in [5.74, 6) is -0.242. The van der Waals surface area contributed by atoms with Gasteiger partial charge in [-0.15, -0.1) is 0 Å². The summed E-state index contributed by atoms with van der Waals surface area (Å²) in [5, 5.41) is 3.04. The van der Waals surface area contributed by atoms with Crippen LogP contribution in [0.4, 0.5) is 32.1 Å². The van der Waals surface area contributed by atoms with Crippen molar-refractivity contribution in [1.29, 1.82) is 0 Å². The zero-order valence-corrected chi connectivity index (χ0v) is 33.2. The molecule has 4 aliphatic rings. The van der Waals surface area contributed by atoms with Crippen molar-refractivity contribution in [2.45, 2.75) is 25.7 Å². The third-order valence-corrected chi connectivity index (χ3v) is 10.8. The Bertz CT molecular complexity index is 2050. The molecule has 0 bridgehead atoms. The quantitative estimate of drug-likeness (QED) is 0.168. The smallest absolute Gasteiger partial charge is 0.338 e. The summed E-state index contributed by atoms with van der Waals surface area (Å²) in [6.45, 7) is 7.30. The maximum atomic E-state index is 13.4. The maximum absolute atomic E-state index is 13.4. The highest BCUT2D eigenvalue weighted by atomic mass is 19.1. The second kappa shape index (κ2) is 19.1. The van der Waals surface area contributed by atoms with Crippen LogP contribution in [0.15, 0.2) is 95.5 Å². The van der Waals surface area contributed by atoms with Gasteiger partial charge in [-0.2, -0.15) is 10.1 Å². The molecule has 0 aliphatic carbocycles. The Hall–Kier alpha value is -6.40. The van der Waals surface area contributed by atoms with Crippen molar-refractivity contribution in [3.63, 3.8) is 0 Å². The third-order valence-electron chi connectivity index (χ3n) is 10.8. The molecule has 2 saturated heterocycles. The van der Waals surface area contributed by atoms with Crippen LogP contribution in [-0.4, -0.2) is 142 Å². The van der Waals surface area contributed by atoms with Gasteiger partial charge in [0.15, 0.2) is 11.6 Å². The number of hydroxylamine groups is 4. The molecule has 2 fully saturated rings. The molecule has 18 heteroatoms. The van der Waals surface area contributed by atoms with Crippen LogP contribution in [0.5, 0.6) is 0 Å². The van der Waals surface area contributed by atoms with Gasteiger partial charge in [-0.05, 0) is 36.1 Å². The number of carbonyl (C=O) groups excluding carboxylic acids is 2. The first kappa shape index (κ1) is 40.4. The molecule has 16 nitrogen and oxygen atoms in total. The van der Waals surface area contributed by atoms with Gasteiger partial charge in [0.1, 0.15) is 11.7 Å². The Morgan fingerprint density at radius 3 is 1.35 bits per heavy atom. The number of nitrogens with zero attached hydrogens (tertiary/aromatic N) is 12. The van der Waals surface area contributed by atoms with Gasteiger partial charge in [-0.1, -0.05) is 36.4 Å². The van der Waals surface area contributed by atoms with E-state index in [1.165, 1.54) is 34.9 Å². The van der Waals surface area contributed by atoms with E-state index in [9.17, 15) is 18.4 Å². The minimum absolute atomic E-state index is 0.346. The van der Waals surface area contributed by atoms with Crippen LogP contribution in [-0.2, 0) is 32.1 Å². The van der Waals surface area contributed by atoms with E-state index in [-0.39, 0.29) is 0 Å². The van der Waals surface area contributed by atoms with Gasteiger partial charge in [0.25, 0.3) is 0 Å². The van der Waals surface area contributed by atoms with Gasteiger partial charge in [0.2, 0.25) is 11.9 Å². The second-order valence-electron chi connectivity index (χ2n) is 14.7. The monoisotopic (exact) mass is 820 g/mol. The molecule has 6 heterocycles. The number of halogens is 2. The van der Waals surface area contributed by atoms with Crippen LogP contribution in [0.2, 0.25) is 0 Å². The number of aromatic nitrogens is 4. The normalized spacial score (nSPS) is 17.0. The van der Waals surface area contributed by atoms with E-state index in [0.717, 1.165) is 47.5 Å². The fourth-order valence-corrected chi connectivity index (χ4v) is 7.52. The Morgan fingerprint density at radius 2 is 0.950 bits per heavy atom. The van der Waals surface area contributed by atoms with E-state index in [0.29, 0.717) is 115 Å². The van der Waals surface area contributed by atoms with E-state index in [1.54, 1.807) is 0 Å². The van der Waals surface area contributed by atoms with Gasteiger partial charge < -0.3 is 19.5 Å². The summed E-state index contributed by atoms with van der Waals surface area (Å²) in [4.78, 5) is 73.1. The molecule has 0 amide bonds. The second-order valence-corrected chi connectivity index (χ2v) is 14.7. The zero-order chi connectivity index (χ0) is 41.3. The summed E-state index contributed by atoms with van der Waals surface area (Å²) >= 11 is 0. The fraction of sp³-hybridized carbons (Fsp3) is 0.381. The highest BCUT2D eigenvalue weighted by Crippen LogP contribution is 2.28. The molecule has 0 spiro atoms. The first-order chi connectivity index (χ1) is 29.3. The largest absolute Gasteiger partial charge is 0.356 e. The van der Waals surface area contributed by atoms with E-state index >= 15 is 0 Å². The molecule has 4 aromatic rings. The molecule has 0 radical (unpaired) electrons. The number of fused-ring (bicyclic) bond motifs is 2. The predicted octanol–water partition coefficient (Wildman–Crippen LogP) is 3.92. The van der Waals surface area contributed by atoms with Gasteiger partial charge >= 0.3 is 11.9 Å². The number of aryl methyl sites for hydroxylation is 2. The Balaban J connectivity index is 0.896. The Labute approximate surface area is 346 Å². The van der Waals surface area contributed by atoms with Crippen LogP contribution in [0.1, 0.15) is 24.0 Å². The van der Waals surface area contributed by atoms with E-state index in [2.05, 4.69) is 29.7 Å². The molecule has 60 heavy (non-hydrogen) atoms. The molecular weight excluding hydrogens is 775 g/mol. The average Bonchev–Trinajstić information content (AvgIpc) is 3.29. The van der Waals surface area contributed by atoms with Crippen molar-refractivity contribution < 1.29 is 28.0 Å². The number of aliphatic imine (C=N–C) groups is 2. The molecule has 0 atom stereocenters. The highest BCUT2D eigenvalue weighted by Gasteiger charge is 2.26. The van der Waals surface area contributed by atoms with Crippen molar-refractivity contribution >= 4 is 46.9 Å². The summed E-state index contributed by atoms with van der Waals surface area (Å²) in [6.07, 6.45) is 9.42. The number of carbonyl (C=O) groups is 2. The number of para-hydroxylation sites is 2. The average molecular weight is 821 g/mol. The summed E-state index contributed by atoms with van der Waals surface area (Å²) < 4.78 is 26.7. The predicted molar refractivity (Wildman–Crippen MR) is 220 cm³/mol. The molecule has 0 N–H and O–H groups in total. The Kier molecular flexibility index (Phi) is 12.9. The van der Waals surface area contributed by atoms with Crippen LogP contribution in [0, 0.1) is 11.6 Å². The fourth-order valence-electron chi connectivity index (χ4n) is 7.52. The highest BCUT2D eigenvalue weighted by molar-refractivity contribution is 5.94. The Morgan fingerprint density at radius 1 is 0.567 bits per heavy atom. The maximum Gasteiger partial charge on any atom is 0.356 e. The van der Waals surface area contributed by atoms with Crippen molar-refractivity contribution in [2.75, 3.05) is 88.3 Å².